The SMILES string of the molecule is CC(C)CCn1c(=O)c(-c2ccccc2)cc2cccnc21. The van der Waals surface area contributed by atoms with E-state index >= 15 is 0 Å². The van der Waals surface area contributed by atoms with E-state index in [0.29, 0.717) is 12.5 Å². The Kier molecular flexibility index (Phi) is 4.05. The Hall–Kier alpha value is -2.42. The van der Waals surface area contributed by atoms with Crippen LogP contribution in [0.3, 0.4) is 0 Å². The zero-order valence-corrected chi connectivity index (χ0v) is 13.0. The molecule has 0 unspecified atom stereocenters. The Morgan fingerprint density at radius 2 is 1.86 bits per heavy atom. The number of hydrogen-bond donors (Lipinski definition) is 0. The monoisotopic (exact) mass is 292 g/mol. The summed E-state index contributed by atoms with van der Waals surface area (Å²) in [5, 5.41) is 1.00. The minimum absolute atomic E-state index is 0.0399. The summed E-state index contributed by atoms with van der Waals surface area (Å²) in [6.07, 6.45) is 2.71. The van der Waals surface area contributed by atoms with Crippen LogP contribution in [0.5, 0.6) is 0 Å². The third-order valence-corrected chi connectivity index (χ3v) is 3.86. The standard InChI is InChI=1S/C19H20N2O/c1-14(2)10-12-21-18-16(9-6-11-20-18)13-17(19(21)22)15-7-4-3-5-8-15/h3-9,11,13-14H,10,12H2,1-2H3. The molecule has 0 atom stereocenters. The topological polar surface area (TPSA) is 34.9 Å². The summed E-state index contributed by atoms with van der Waals surface area (Å²) in [6.45, 7) is 5.04. The van der Waals surface area contributed by atoms with Crippen molar-refractivity contribution in [1.29, 1.82) is 0 Å². The molecule has 2 aromatic heterocycles. The van der Waals surface area contributed by atoms with E-state index in [4.69, 9.17) is 0 Å². The summed E-state index contributed by atoms with van der Waals surface area (Å²) in [6, 6.07) is 15.7. The van der Waals surface area contributed by atoms with Crippen molar-refractivity contribution < 1.29 is 0 Å². The smallest absolute Gasteiger partial charge is 0.260 e. The summed E-state index contributed by atoms with van der Waals surface area (Å²) in [5.74, 6) is 0.547. The molecule has 3 heteroatoms. The number of hydrogen-bond acceptors (Lipinski definition) is 2. The van der Waals surface area contributed by atoms with Crippen LogP contribution >= 0.6 is 0 Å². The summed E-state index contributed by atoms with van der Waals surface area (Å²) in [7, 11) is 0. The summed E-state index contributed by atoms with van der Waals surface area (Å²) in [4.78, 5) is 17.3. The zero-order valence-electron chi connectivity index (χ0n) is 13.0. The molecule has 0 radical (unpaired) electrons. The molecule has 0 N–H and O–H groups in total. The highest BCUT2D eigenvalue weighted by Gasteiger charge is 2.11. The van der Waals surface area contributed by atoms with Gasteiger partial charge in [0.1, 0.15) is 5.65 Å². The van der Waals surface area contributed by atoms with Crippen LogP contribution in [-0.4, -0.2) is 9.55 Å². The molecule has 1 aromatic carbocycles. The number of pyridine rings is 2. The molecule has 0 amide bonds. The van der Waals surface area contributed by atoms with Gasteiger partial charge in [0.05, 0.1) is 0 Å². The molecule has 3 rings (SSSR count). The van der Waals surface area contributed by atoms with E-state index in [0.717, 1.165) is 28.6 Å². The van der Waals surface area contributed by atoms with Crippen molar-refractivity contribution in [1.82, 2.24) is 9.55 Å². The number of benzene rings is 1. The Bertz CT molecular complexity index is 835. The fourth-order valence-electron chi connectivity index (χ4n) is 2.63. The zero-order chi connectivity index (χ0) is 15.5. The van der Waals surface area contributed by atoms with Crippen LogP contribution in [0.2, 0.25) is 0 Å². The molecule has 0 saturated heterocycles. The molecule has 0 aliphatic carbocycles. The van der Waals surface area contributed by atoms with E-state index in [1.165, 1.54) is 0 Å². The second-order valence-electron chi connectivity index (χ2n) is 5.98. The van der Waals surface area contributed by atoms with Crippen LogP contribution < -0.4 is 5.56 Å². The van der Waals surface area contributed by atoms with Crippen LogP contribution in [0.1, 0.15) is 20.3 Å². The molecular weight excluding hydrogens is 272 g/mol. The number of aromatic nitrogens is 2. The van der Waals surface area contributed by atoms with E-state index in [2.05, 4.69) is 18.8 Å². The maximum Gasteiger partial charge on any atom is 0.260 e. The summed E-state index contributed by atoms with van der Waals surface area (Å²) < 4.78 is 1.82. The lowest BCUT2D eigenvalue weighted by molar-refractivity contribution is 0.515. The van der Waals surface area contributed by atoms with Gasteiger partial charge < -0.3 is 0 Å². The predicted molar refractivity (Wildman–Crippen MR) is 90.9 cm³/mol. The molecule has 0 aliphatic rings. The first-order valence-corrected chi connectivity index (χ1v) is 7.71. The first-order chi connectivity index (χ1) is 10.7. The minimum Gasteiger partial charge on any atom is -0.292 e. The van der Waals surface area contributed by atoms with E-state index < -0.39 is 0 Å². The van der Waals surface area contributed by atoms with Gasteiger partial charge in [0.2, 0.25) is 0 Å². The molecule has 0 bridgehead atoms. The minimum atomic E-state index is 0.0399. The van der Waals surface area contributed by atoms with Gasteiger partial charge in [-0.15, -0.1) is 0 Å². The fourth-order valence-corrected chi connectivity index (χ4v) is 2.63. The van der Waals surface area contributed by atoms with Crippen LogP contribution in [0.15, 0.2) is 59.5 Å². The summed E-state index contributed by atoms with van der Waals surface area (Å²) >= 11 is 0. The van der Waals surface area contributed by atoms with Gasteiger partial charge in [0.25, 0.3) is 5.56 Å². The maximum absolute atomic E-state index is 12.9. The molecule has 112 valence electrons. The predicted octanol–water partition coefficient (Wildman–Crippen LogP) is 4.11. The highest BCUT2D eigenvalue weighted by Crippen LogP contribution is 2.20. The first kappa shape index (κ1) is 14.5. The number of aryl methyl sites for hydroxylation is 1. The van der Waals surface area contributed by atoms with E-state index in [1.807, 2.05) is 53.1 Å². The van der Waals surface area contributed by atoms with Crippen LogP contribution in [0.25, 0.3) is 22.2 Å². The quantitative estimate of drug-likeness (QED) is 0.725. The average molecular weight is 292 g/mol. The molecule has 2 heterocycles. The van der Waals surface area contributed by atoms with Crippen molar-refractivity contribution in [2.24, 2.45) is 5.92 Å². The lowest BCUT2D eigenvalue weighted by Gasteiger charge is -2.13. The second-order valence-corrected chi connectivity index (χ2v) is 5.98. The third kappa shape index (κ3) is 2.80. The van der Waals surface area contributed by atoms with Crippen molar-refractivity contribution in [2.75, 3.05) is 0 Å². The molecule has 3 nitrogen and oxygen atoms in total. The Labute approximate surface area is 130 Å². The largest absolute Gasteiger partial charge is 0.292 e. The second kappa shape index (κ2) is 6.14. The Morgan fingerprint density at radius 1 is 1.09 bits per heavy atom. The first-order valence-electron chi connectivity index (χ1n) is 7.71. The lowest BCUT2D eigenvalue weighted by atomic mass is 10.1. The number of fused-ring (bicyclic) bond motifs is 1. The summed E-state index contributed by atoms with van der Waals surface area (Å²) in [5.41, 5.74) is 2.51. The van der Waals surface area contributed by atoms with E-state index in [-0.39, 0.29) is 5.56 Å². The van der Waals surface area contributed by atoms with Gasteiger partial charge in [-0.25, -0.2) is 4.98 Å². The normalized spacial score (nSPS) is 11.2. The van der Waals surface area contributed by atoms with Crippen molar-refractivity contribution in [2.45, 2.75) is 26.8 Å². The van der Waals surface area contributed by atoms with Crippen LogP contribution in [-0.2, 0) is 6.54 Å². The highest BCUT2D eigenvalue weighted by molar-refractivity contribution is 5.81. The average Bonchev–Trinajstić information content (AvgIpc) is 2.54. The molecule has 0 aliphatic heterocycles. The van der Waals surface area contributed by atoms with Crippen molar-refractivity contribution >= 4 is 11.0 Å². The van der Waals surface area contributed by atoms with Gasteiger partial charge in [-0.05, 0) is 36.1 Å². The van der Waals surface area contributed by atoms with Gasteiger partial charge in [-0.2, -0.15) is 0 Å². The molecule has 22 heavy (non-hydrogen) atoms. The Morgan fingerprint density at radius 3 is 2.59 bits per heavy atom. The highest BCUT2D eigenvalue weighted by atomic mass is 16.1. The van der Waals surface area contributed by atoms with Crippen molar-refractivity contribution in [3.05, 3.63) is 65.1 Å². The van der Waals surface area contributed by atoms with Crippen LogP contribution in [0, 0.1) is 5.92 Å². The number of rotatable bonds is 4. The van der Waals surface area contributed by atoms with E-state index in [1.54, 1.807) is 6.20 Å². The molecule has 0 spiro atoms. The van der Waals surface area contributed by atoms with Gasteiger partial charge in [0, 0.05) is 23.7 Å². The van der Waals surface area contributed by atoms with E-state index in [9.17, 15) is 4.79 Å². The van der Waals surface area contributed by atoms with Crippen LogP contribution in [0.4, 0.5) is 0 Å². The van der Waals surface area contributed by atoms with Crippen molar-refractivity contribution in [3.8, 4) is 11.1 Å². The lowest BCUT2D eigenvalue weighted by Crippen LogP contribution is -2.23. The molecule has 0 saturated carbocycles. The Balaban J connectivity index is 2.22. The molecule has 3 aromatic rings. The number of nitrogens with zero attached hydrogens (tertiary/aromatic N) is 2. The van der Waals surface area contributed by atoms with Gasteiger partial charge in [-0.3, -0.25) is 9.36 Å². The van der Waals surface area contributed by atoms with Gasteiger partial charge in [-0.1, -0.05) is 44.2 Å². The van der Waals surface area contributed by atoms with Crippen molar-refractivity contribution in [3.63, 3.8) is 0 Å². The third-order valence-electron chi connectivity index (χ3n) is 3.86. The molecular formula is C19H20N2O. The van der Waals surface area contributed by atoms with Gasteiger partial charge in [0.15, 0.2) is 0 Å². The van der Waals surface area contributed by atoms with Gasteiger partial charge >= 0.3 is 0 Å². The maximum atomic E-state index is 12.9. The fraction of sp³-hybridized carbons (Fsp3) is 0.263. The molecule has 0 fully saturated rings.